The Bertz CT molecular complexity index is 1000. The van der Waals surface area contributed by atoms with Crippen LogP contribution in [0.2, 0.25) is 0 Å². The van der Waals surface area contributed by atoms with Gasteiger partial charge >= 0.3 is 0 Å². The van der Waals surface area contributed by atoms with Crippen LogP contribution in [-0.4, -0.2) is 53.2 Å². The number of nitrogens with one attached hydrogen (secondary N) is 1. The largest absolute Gasteiger partial charge is 0.393 e. The van der Waals surface area contributed by atoms with Gasteiger partial charge in [0.15, 0.2) is 5.96 Å². The minimum atomic E-state index is -0.658. The van der Waals surface area contributed by atoms with Gasteiger partial charge in [-0.3, -0.25) is 4.99 Å². The summed E-state index contributed by atoms with van der Waals surface area (Å²) in [5, 5.41) is 24.6. The Balaban J connectivity index is 1.09. The molecule has 11 unspecified atom stereocenters. The molecule has 5 aliphatic carbocycles. The summed E-state index contributed by atoms with van der Waals surface area (Å²) in [7, 11) is 1.75. The van der Waals surface area contributed by atoms with Crippen molar-refractivity contribution in [2.45, 2.75) is 140 Å². The lowest BCUT2D eigenvalue weighted by Gasteiger charge is -2.58. The zero-order valence-electron chi connectivity index (χ0n) is 25.6. The molecule has 0 bridgehead atoms. The van der Waals surface area contributed by atoms with E-state index >= 15 is 0 Å². The Hall–Kier alpha value is -1.11. The fraction of sp³-hybridized carbons (Fsp3) is 0.912. The fourth-order valence-electron chi connectivity index (χ4n) is 10.9. The van der Waals surface area contributed by atoms with E-state index in [1.54, 1.807) is 7.05 Å². The van der Waals surface area contributed by atoms with E-state index in [4.69, 9.17) is 17.0 Å². The third-order valence-electron chi connectivity index (χ3n) is 13.3. The molecule has 5 saturated carbocycles. The van der Waals surface area contributed by atoms with E-state index in [1.165, 1.54) is 63.4 Å². The van der Waals surface area contributed by atoms with E-state index in [-0.39, 0.29) is 17.1 Å². The molecule has 0 radical (unpaired) electrons. The third kappa shape index (κ3) is 5.28. The first-order valence-electron chi connectivity index (χ1n) is 16.7. The van der Waals surface area contributed by atoms with Crippen molar-refractivity contribution in [2.75, 3.05) is 13.6 Å². The van der Waals surface area contributed by atoms with Crippen molar-refractivity contribution in [2.24, 2.45) is 51.1 Å². The average molecular weight is 556 g/mol. The van der Waals surface area contributed by atoms with Crippen LogP contribution in [0.15, 0.2) is 17.1 Å². The van der Waals surface area contributed by atoms with Crippen LogP contribution in [0.3, 0.4) is 0 Å². The molecular weight excluding hydrogens is 498 g/mol. The van der Waals surface area contributed by atoms with Gasteiger partial charge in [0.2, 0.25) is 0 Å². The Morgan fingerprint density at radius 2 is 1.90 bits per heavy atom. The number of epoxide rings is 1. The van der Waals surface area contributed by atoms with Crippen LogP contribution in [-0.2, 0) is 4.74 Å². The van der Waals surface area contributed by atoms with Crippen molar-refractivity contribution in [3.63, 3.8) is 0 Å². The molecule has 6 aliphatic rings. The molecule has 6 heteroatoms. The van der Waals surface area contributed by atoms with Crippen LogP contribution in [0.5, 0.6) is 0 Å². The predicted octanol–water partition coefficient (Wildman–Crippen LogP) is 5.71. The first-order valence-corrected chi connectivity index (χ1v) is 16.7. The number of fused-ring (bicyclic) bond motifs is 3. The fourth-order valence-corrected chi connectivity index (χ4v) is 10.9. The molecule has 6 rings (SSSR count). The van der Waals surface area contributed by atoms with Gasteiger partial charge in [0.05, 0.1) is 23.4 Å². The second-order valence-electron chi connectivity index (χ2n) is 16.0. The summed E-state index contributed by atoms with van der Waals surface area (Å²) in [6, 6.07) is 0. The lowest BCUT2D eigenvalue weighted by molar-refractivity contribution is -0.0693. The molecule has 11 atom stereocenters. The van der Waals surface area contributed by atoms with Gasteiger partial charge in [0, 0.05) is 25.4 Å². The van der Waals surface area contributed by atoms with E-state index < -0.39 is 5.60 Å². The molecule has 0 amide bonds. The summed E-state index contributed by atoms with van der Waals surface area (Å²) in [5.74, 6) is 4.12. The number of ether oxygens (including phenoxy) is 1. The zero-order chi connectivity index (χ0) is 28.3. The number of allylic oxidation sites excluding steroid dienone is 1. The second-order valence-corrected chi connectivity index (χ2v) is 16.0. The predicted molar refractivity (Wildman–Crippen MR) is 161 cm³/mol. The SMILES string of the molecule is C=C1CC2(CCC(CCC3(O)CCCC(O)C3)C2)C2OC2(C)CCC2C1CC2(C)C1CCC(CNC(N)=NC)C1. The van der Waals surface area contributed by atoms with Crippen LogP contribution in [0.4, 0.5) is 0 Å². The summed E-state index contributed by atoms with van der Waals surface area (Å²) < 4.78 is 6.67. The minimum Gasteiger partial charge on any atom is -0.393 e. The van der Waals surface area contributed by atoms with E-state index in [2.05, 4.69) is 24.2 Å². The van der Waals surface area contributed by atoms with Crippen molar-refractivity contribution < 1.29 is 14.9 Å². The van der Waals surface area contributed by atoms with Gasteiger partial charge in [-0.05, 0) is 138 Å². The number of hydrogen-bond acceptors (Lipinski definition) is 4. The zero-order valence-corrected chi connectivity index (χ0v) is 25.6. The highest BCUT2D eigenvalue weighted by Gasteiger charge is 2.66. The van der Waals surface area contributed by atoms with Gasteiger partial charge in [-0.1, -0.05) is 19.1 Å². The smallest absolute Gasteiger partial charge is 0.188 e. The maximum absolute atomic E-state index is 11.1. The molecule has 226 valence electrons. The number of nitrogens with zero attached hydrogens (tertiary/aromatic N) is 1. The van der Waals surface area contributed by atoms with Gasteiger partial charge in [-0.15, -0.1) is 0 Å². The second kappa shape index (κ2) is 10.6. The molecule has 1 spiro atoms. The molecular formula is C34H57N3O3. The minimum absolute atomic E-state index is 0.0331. The van der Waals surface area contributed by atoms with Crippen molar-refractivity contribution in [1.82, 2.24) is 5.32 Å². The van der Waals surface area contributed by atoms with Crippen molar-refractivity contribution >= 4 is 5.96 Å². The summed E-state index contributed by atoms with van der Waals surface area (Å²) in [6.07, 6.45) is 17.7. The van der Waals surface area contributed by atoms with Crippen molar-refractivity contribution in [3.8, 4) is 0 Å². The molecule has 0 aromatic rings. The highest BCUT2D eigenvalue weighted by Crippen LogP contribution is 2.69. The lowest BCUT2D eigenvalue weighted by Crippen LogP contribution is -2.51. The van der Waals surface area contributed by atoms with Gasteiger partial charge in [-0.25, -0.2) is 0 Å². The topological polar surface area (TPSA) is 103 Å². The highest BCUT2D eigenvalue weighted by atomic mass is 16.6. The Morgan fingerprint density at radius 1 is 1.07 bits per heavy atom. The first kappa shape index (κ1) is 29.0. The molecule has 5 N–H and O–H groups in total. The van der Waals surface area contributed by atoms with E-state index in [9.17, 15) is 10.2 Å². The van der Waals surface area contributed by atoms with E-state index in [0.717, 1.165) is 56.9 Å². The van der Waals surface area contributed by atoms with Crippen LogP contribution >= 0.6 is 0 Å². The lowest BCUT2D eigenvalue weighted by atomic mass is 9.46. The quantitative estimate of drug-likeness (QED) is 0.145. The van der Waals surface area contributed by atoms with Crippen molar-refractivity contribution in [3.05, 3.63) is 12.2 Å². The standard InChI is InChI=1S/C34H57N3O3/c1-22-17-33(14-9-23(18-33)10-15-34(39)12-5-6-26(38)19-34)29-32(3,40-29)13-11-28-27(22)20-31(28,2)25-8-7-24(16-25)21-37-30(35)36-4/h23-29,38-39H,1,5-21H2,2-4H3,(H3,35,36,37). The van der Waals surface area contributed by atoms with Crippen LogP contribution in [0.1, 0.15) is 117 Å². The first-order chi connectivity index (χ1) is 19.0. The monoisotopic (exact) mass is 555 g/mol. The molecule has 6 fully saturated rings. The van der Waals surface area contributed by atoms with E-state index in [0.29, 0.717) is 41.7 Å². The normalized spacial score (nSPS) is 50.9. The molecule has 6 nitrogen and oxygen atoms in total. The molecule has 0 aromatic carbocycles. The molecule has 0 aromatic heterocycles. The Morgan fingerprint density at radius 3 is 2.67 bits per heavy atom. The Labute approximate surface area is 243 Å². The van der Waals surface area contributed by atoms with Crippen molar-refractivity contribution in [1.29, 1.82) is 0 Å². The molecule has 1 saturated heterocycles. The van der Waals surface area contributed by atoms with Crippen LogP contribution < -0.4 is 11.1 Å². The maximum Gasteiger partial charge on any atom is 0.188 e. The summed E-state index contributed by atoms with van der Waals surface area (Å²) in [5.41, 5.74) is 7.45. The third-order valence-corrected chi connectivity index (χ3v) is 13.3. The average Bonchev–Trinajstić information content (AvgIpc) is 3.22. The number of aliphatic imine (C=N–C) groups is 1. The molecule has 1 aliphatic heterocycles. The van der Waals surface area contributed by atoms with Crippen LogP contribution in [0, 0.1) is 40.4 Å². The summed E-state index contributed by atoms with van der Waals surface area (Å²) >= 11 is 0. The van der Waals surface area contributed by atoms with Gasteiger partial charge in [0.25, 0.3) is 0 Å². The molecule has 40 heavy (non-hydrogen) atoms. The summed E-state index contributed by atoms with van der Waals surface area (Å²) in [6.45, 7) is 10.8. The number of hydrogen-bond donors (Lipinski definition) is 4. The van der Waals surface area contributed by atoms with Gasteiger partial charge in [-0.2, -0.15) is 0 Å². The molecule has 1 heterocycles. The number of guanidine groups is 1. The number of aliphatic hydroxyl groups is 2. The summed E-state index contributed by atoms with van der Waals surface area (Å²) in [4.78, 5) is 4.07. The number of aliphatic hydroxyl groups excluding tert-OH is 1. The van der Waals surface area contributed by atoms with Gasteiger partial charge < -0.3 is 26.0 Å². The van der Waals surface area contributed by atoms with Crippen LogP contribution in [0.25, 0.3) is 0 Å². The number of rotatable bonds is 6. The Kier molecular flexibility index (Phi) is 7.65. The van der Waals surface area contributed by atoms with E-state index in [1.807, 2.05) is 0 Å². The highest BCUT2D eigenvalue weighted by molar-refractivity contribution is 5.77. The van der Waals surface area contributed by atoms with Gasteiger partial charge in [0.1, 0.15) is 0 Å². The maximum atomic E-state index is 11.1. The number of nitrogens with two attached hydrogens (primary N) is 1.